The van der Waals surface area contributed by atoms with E-state index in [1.165, 1.54) is 107 Å². The Hall–Kier alpha value is -1.99. The molecule has 0 aromatic heterocycles. The molecule has 0 unspecified atom stereocenters. The first kappa shape index (κ1) is 41.2. The van der Waals surface area contributed by atoms with Crippen LogP contribution in [0.3, 0.4) is 0 Å². The molecule has 0 amide bonds. The average Bonchev–Trinajstić information content (AvgIpc) is 3.36. The molecule has 0 saturated heterocycles. The van der Waals surface area contributed by atoms with Crippen molar-refractivity contribution in [1.29, 1.82) is 0 Å². The van der Waals surface area contributed by atoms with Crippen molar-refractivity contribution in [2.45, 2.75) is 182 Å². The zero-order valence-electron chi connectivity index (χ0n) is 31.8. The molecule has 1 aliphatic rings. The quantitative estimate of drug-likeness (QED) is 0.0871. The van der Waals surface area contributed by atoms with Crippen LogP contribution in [0.4, 0.5) is 0 Å². The van der Waals surface area contributed by atoms with E-state index < -0.39 is 0 Å². The van der Waals surface area contributed by atoms with Gasteiger partial charge in [0.1, 0.15) is 0 Å². The molecule has 266 valence electrons. The molecule has 3 heteroatoms. The van der Waals surface area contributed by atoms with Gasteiger partial charge in [-0.05, 0) is 124 Å². The molecule has 0 saturated carbocycles. The zero-order valence-corrected chi connectivity index (χ0v) is 32.8. The number of allylic oxidation sites excluding steroid dienone is 2. The van der Waals surface area contributed by atoms with Gasteiger partial charge < -0.3 is 5.53 Å². The van der Waals surface area contributed by atoms with Crippen LogP contribution in [0.5, 0.6) is 0 Å². The van der Waals surface area contributed by atoms with Gasteiger partial charge in [0.15, 0.2) is 0 Å². The van der Waals surface area contributed by atoms with E-state index in [0.717, 1.165) is 75.6 Å². The van der Waals surface area contributed by atoms with Gasteiger partial charge in [0.25, 0.3) is 0 Å². The topological polar surface area (TPSA) is 25.3 Å². The summed E-state index contributed by atoms with van der Waals surface area (Å²) in [5.74, 6) is 0. The maximum absolute atomic E-state index is 12.3. The molecule has 2 nitrogen and oxygen atoms in total. The monoisotopic (exact) mass is 684 g/mol. The van der Waals surface area contributed by atoms with Crippen molar-refractivity contribution in [3.63, 3.8) is 0 Å². The summed E-state index contributed by atoms with van der Waals surface area (Å²) >= 11 is 1.82. The van der Waals surface area contributed by atoms with E-state index in [2.05, 4.69) is 91.8 Å². The average molecular weight is 686 g/mol. The fourth-order valence-electron chi connectivity index (χ4n) is 6.55. The molecule has 3 rings (SSSR count). The third-order valence-corrected chi connectivity index (χ3v) is 10.2. The summed E-state index contributed by atoms with van der Waals surface area (Å²) in [5.41, 5.74) is 25.2. The Bertz CT molecular complexity index is 1120. The van der Waals surface area contributed by atoms with Crippen molar-refractivity contribution in [1.82, 2.24) is 0 Å². The van der Waals surface area contributed by atoms with E-state index in [-0.39, 0.29) is 0 Å². The van der Waals surface area contributed by atoms with Gasteiger partial charge in [-0.3, -0.25) is 0 Å². The molecule has 1 aliphatic heterocycles. The number of rotatable bonds is 22. The Morgan fingerprint density at radius 2 is 0.702 bits per heavy atom. The minimum absolute atomic E-state index is 1.02. The number of benzene rings is 2. The first-order chi connectivity index (χ1) is 22.9. The van der Waals surface area contributed by atoms with E-state index in [9.17, 15) is 5.53 Å². The Kier molecular flexibility index (Phi) is 21.2. The van der Waals surface area contributed by atoms with Crippen LogP contribution in [0.15, 0.2) is 47.5 Å². The SMILES string of the molecule is CCCCC1=C(c2cc(CCCC)cc(CCCC)c2)[N+](=[N-])C(c2cc(CCCC)cc(CCCC)c2)=C1CCCC.C[CH2][Ni][CH2]C. The summed E-state index contributed by atoms with van der Waals surface area (Å²) in [6.45, 7) is 18.0. The van der Waals surface area contributed by atoms with Crippen LogP contribution >= 0.6 is 0 Å². The zero-order chi connectivity index (χ0) is 34.4. The molecule has 0 fully saturated rings. The fourth-order valence-corrected chi connectivity index (χ4v) is 7.04. The van der Waals surface area contributed by atoms with Gasteiger partial charge in [-0.25, -0.2) is 4.70 Å². The Balaban J connectivity index is 0.00000142. The molecule has 0 atom stereocenters. The Morgan fingerprint density at radius 1 is 0.426 bits per heavy atom. The van der Waals surface area contributed by atoms with Gasteiger partial charge in [-0.1, -0.05) is 92.2 Å². The van der Waals surface area contributed by atoms with E-state index in [0.29, 0.717) is 0 Å². The summed E-state index contributed by atoms with van der Waals surface area (Å²) in [6, 6.07) is 14.4. The van der Waals surface area contributed by atoms with Crippen LogP contribution in [-0.4, -0.2) is 4.70 Å². The molecule has 0 aliphatic carbocycles. The van der Waals surface area contributed by atoms with Gasteiger partial charge in [0.05, 0.1) is 0 Å². The third kappa shape index (κ3) is 13.4. The van der Waals surface area contributed by atoms with E-state index in [1.807, 2.05) is 14.4 Å². The standard InChI is InChI=1S/C40H60N2.2C2H5.Ni/c1-7-13-19-31-25-32(20-14-8-2)28-35(27-31)39-37(23-17-11-5)38(24-18-12-6)40(42(39)41)36-29-33(21-15-9-3)26-34(30-36)22-16-10-4;2*1-2;/h25-30H,7-24H2,1-6H3;2*1H2,2H3;. The van der Waals surface area contributed by atoms with Gasteiger partial charge in [-0.15, -0.1) is 0 Å². The summed E-state index contributed by atoms with van der Waals surface area (Å²) < 4.78 is 1.63. The van der Waals surface area contributed by atoms with Crippen LogP contribution in [0.2, 0.25) is 10.8 Å². The van der Waals surface area contributed by atoms with Crippen molar-refractivity contribution in [2.24, 2.45) is 0 Å². The normalized spacial score (nSPS) is 13.1. The van der Waals surface area contributed by atoms with Crippen molar-refractivity contribution < 1.29 is 19.1 Å². The van der Waals surface area contributed by atoms with E-state index in [4.69, 9.17) is 0 Å². The van der Waals surface area contributed by atoms with Crippen molar-refractivity contribution in [2.75, 3.05) is 0 Å². The van der Waals surface area contributed by atoms with Gasteiger partial charge in [-0.2, -0.15) is 0 Å². The van der Waals surface area contributed by atoms with Crippen LogP contribution in [-0.2, 0) is 40.1 Å². The Labute approximate surface area is 297 Å². The predicted molar refractivity (Wildman–Crippen MR) is 205 cm³/mol. The molecule has 0 N–H and O–H groups in total. The minimum atomic E-state index is 1.02. The number of unbranched alkanes of at least 4 members (excludes halogenated alkanes) is 6. The summed E-state index contributed by atoms with van der Waals surface area (Å²) in [4.78, 5) is 0. The van der Waals surface area contributed by atoms with Crippen LogP contribution in [0.1, 0.15) is 179 Å². The number of hydrogen-bond acceptors (Lipinski definition) is 0. The van der Waals surface area contributed by atoms with Crippen LogP contribution in [0, 0.1) is 0 Å². The van der Waals surface area contributed by atoms with Gasteiger partial charge in [0.2, 0.25) is 11.4 Å². The van der Waals surface area contributed by atoms with Crippen LogP contribution in [0.25, 0.3) is 16.9 Å². The maximum atomic E-state index is 12.3. The van der Waals surface area contributed by atoms with Crippen molar-refractivity contribution in [3.8, 4) is 0 Å². The van der Waals surface area contributed by atoms with E-state index in [1.54, 1.807) is 4.70 Å². The van der Waals surface area contributed by atoms with Crippen molar-refractivity contribution >= 4 is 11.4 Å². The molecular weight excluding hydrogens is 615 g/mol. The predicted octanol–water partition coefficient (Wildman–Crippen LogP) is 14.6. The van der Waals surface area contributed by atoms with Crippen LogP contribution < -0.4 is 0 Å². The molecule has 47 heavy (non-hydrogen) atoms. The second-order valence-electron chi connectivity index (χ2n) is 13.3. The summed E-state index contributed by atoms with van der Waals surface area (Å²) in [7, 11) is 0. The Morgan fingerprint density at radius 3 is 0.936 bits per heavy atom. The summed E-state index contributed by atoms with van der Waals surface area (Å²) in [6.07, 6.45) is 20.7. The molecule has 1 heterocycles. The van der Waals surface area contributed by atoms with Gasteiger partial charge in [0, 0.05) is 22.3 Å². The number of hydrogen-bond donors (Lipinski definition) is 0. The number of aryl methyl sites for hydroxylation is 4. The molecule has 0 spiro atoms. The fraction of sp³-hybridized carbons (Fsp3) is 0.636. The third-order valence-electron chi connectivity index (χ3n) is 9.16. The van der Waals surface area contributed by atoms with E-state index >= 15 is 0 Å². The molecule has 0 bridgehead atoms. The molecule has 2 aromatic rings. The second kappa shape index (κ2) is 24.2. The van der Waals surface area contributed by atoms with Gasteiger partial charge >= 0.3 is 39.1 Å². The molecule has 2 aromatic carbocycles. The first-order valence-corrected chi connectivity index (χ1v) is 21.0. The first-order valence-electron chi connectivity index (χ1n) is 19.6. The molecule has 0 radical (unpaired) electrons. The van der Waals surface area contributed by atoms with Crippen molar-refractivity contribution in [3.05, 3.63) is 86.5 Å². The molecular formula is C44H70N2Ni. The second-order valence-corrected chi connectivity index (χ2v) is 15.2. The summed E-state index contributed by atoms with van der Waals surface area (Å²) in [5, 5.41) is 2.56. The number of nitrogens with zero attached hydrogens (tertiary/aromatic N) is 2.